The quantitative estimate of drug-likeness (QED) is 0.783. The lowest BCUT2D eigenvalue weighted by Gasteiger charge is -2.07. The van der Waals surface area contributed by atoms with Crippen molar-refractivity contribution in [1.82, 2.24) is 19.4 Å². The average Bonchev–Trinajstić information content (AvgIpc) is 3.12. The Morgan fingerprint density at radius 3 is 3.00 bits per heavy atom. The highest BCUT2D eigenvalue weighted by Gasteiger charge is 2.20. The van der Waals surface area contributed by atoms with Crippen molar-refractivity contribution in [2.75, 3.05) is 12.4 Å². The second-order valence-corrected chi connectivity index (χ2v) is 5.64. The lowest BCUT2D eigenvalue weighted by Crippen LogP contribution is -2.03. The van der Waals surface area contributed by atoms with Gasteiger partial charge in [0.15, 0.2) is 5.82 Å². The zero-order valence-corrected chi connectivity index (χ0v) is 11.8. The molecule has 20 heavy (non-hydrogen) atoms. The summed E-state index contributed by atoms with van der Waals surface area (Å²) in [6, 6.07) is 5.94. The summed E-state index contributed by atoms with van der Waals surface area (Å²) in [5.74, 6) is 3.55. The van der Waals surface area contributed by atoms with E-state index in [1.165, 1.54) is 5.56 Å². The number of hydrogen-bond acceptors (Lipinski definition) is 5. The predicted molar refractivity (Wildman–Crippen MR) is 80.8 cm³/mol. The summed E-state index contributed by atoms with van der Waals surface area (Å²) in [7, 11) is 1.90. The van der Waals surface area contributed by atoms with E-state index < -0.39 is 0 Å². The predicted octanol–water partition coefficient (Wildman–Crippen LogP) is 2.58. The van der Waals surface area contributed by atoms with Crippen molar-refractivity contribution in [2.24, 2.45) is 0 Å². The molecule has 0 aromatic carbocycles. The Morgan fingerprint density at radius 1 is 1.20 bits per heavy atom. The van der Waals surface area contributed by atoms with Gasteiger partial charge in [0.05, 0.1) is 5.69 Å². The van der Waals surface area contributed by atoms with Crippen LogP contribution in [0.15, 0.2) is 30.6 Å². The summed E-state index contributed by atoms with van der Waals surface area (Å²) < 4.78 is 1.99. The second kappa shape index (κ2) is 4.49. The Bertz CT molecular complexity index is 762. The Morgan fingerprint density at radius 2 is 2.15 bits per heavy atom. The number of imidazole rings is 1. The van der Waals surface area contributed by atoms with Gasteiger partial charge in [-0.2, -0.15) is 11.8 Å². The first kappa shape index (κ1) is 11.7. The molecule has 0 spiro atoms. The fraction of sp³-hybridized carbons (Fsp3) is 0.214. The van der Waals surface area contributed by atoms with Crippen molar-refractivity contribution < 1.29 is 0 Å². The summed E-state index contributed by atoms with van der Waals surface area (Å²) in [4.78, 5) is 13.9. The highest BCUT2D eigenvalue weighted by atomic mass is 32.2. The van der Waals surface area contributed by atoms with Crippen LogP contribution < -0.4 is 5.32 Å². The van der Waals surface area contributed by atoms with Gasteiger partial charge in [-0.25, -0.2) is 15.0 Å². The number of nitrogens with one attached hydrogen (secondary N) is 1. The van der Waals surface area contributed by atoms with Crippen LogP contribution in [0.5, 0.6) is 0 Å². The van der Waals surface area contributed by atoms with E-state index in [4.69, 9.17) is 0 Å². The fourth-order valence-electron chi connectivity index (χ4n) is 2.41. The highest BCUT2D eigenvalue weighted by Crippen LogP contribution is 2.34. The molecule has 1 aliphatic rings. The van der Waals surface area contributed by atoms with Crippen LogP contribution >= 0.6 is 11.8 Å². The van der Waals surface area contributed by atoms with Crippen LogP contribution in [0.1, 0.15) is 11.3 Å². The van der Waals surface area contributed by atoms with Gasteiger partial charge in [0, 0.05) is 36.5 Å². The number of thioether (sulfide) groups is 1. The van der Waals surface area contributed by atoms with Crippen LogP contribution in [-0.4, -0.2) is 26.4 Å². The third-order valence-electron chi connectivity index (χ3n) is 3.41. The summed E-state index contributed by atoms with van der Waals surface area (Å²) in [5.41, 5.74) is 4.07. The third kappa shape index (κ3) is 1.76. The molecule has 3 aromatic rings. The van der Waals surface area contributed by atoms with Crippen LogP contribution in [0, 0.1) is 0 Å². The normalized spacial score (nSPS) is 13.7. The molecular weight excluding hydrogens is 270 g/mol. The van der Waals surface area contributed by atoms with Crippen molar-refractivity contribution in [3.8, 4) is 11.5 Å². The molecular formula is C14H13N5S. The number of rotatable bonds is 2. The number of anilines is 1. The first-order valence-electron chi connectivity index (χ1n) is 6.44. The molecule has 0 saturated heterocycles. The Hall–Kier alpha value is -2.08. The minimum absolute atomic E-state index is 0.694. The molecule has 3 aromatic heterocycles. The molecule has 1 N–H and O–H groups in total. The monoisotopic (exact) mass is 283 g/mol. The number of nitrogens with zero attached hydrogens (tertiary/aromatic N) is 4. The van der Waals surface area contributed by atoms with E-state index in [1.54, 1.807) is 0 Å². The lowest BCUT2D eigenvalue weighted by atomic mass is 10.2. The second-order valence-electron chi connectivity index (χ2n) is 4.66. The Balaban J connectivity index is 1.89. The largest absolute Gasteiger partial charge is 0.373 e. The fourth-order valence-corrected chi connectivity index (χ4v) is 3.46. The number of hydrogen-bond donors (Lipinski definition) is 1. The van der Waals surface area contributed by atoms with Crippen LogP contribution in [0.25, 0.3) is 17.2 Å². The van der Waals surface area contributed by atoms with Gasteiger partial charge >= 0.3 is 0 Å². The summed E-state index contributed by atoms with van der Waals surface area (Å²) in [5, 5.41) is 3.17. The molecule has 0 radical (unpaired) electrons. The van der Waals surface area contributed by atoms with Gasteiger partial charge in [0.2, 0.25) is 0 Å². The lowest BCUT2D eigenvalue weighted by molar-refractivity contribution is 1.06. The molecule has 1 aliphatic heterocycles. The van der Waals surface area contributed by atoms with Crippen molar-refractivity contribution in [1.29, 1.82) is 0 Å². The maximum atomic E-state index is 4.68. The molecule has 0 aliphatic carbocycles. The van der Waals surface area contributed by atoms with Crippen LogP contribution in [0.2, 0.25) is 0 Å². The SMILES string of the molecule is CNc1nc(-c2cn3ccccc3n2)nc2c1CSC2. The van der Waals surface area contributed by atoms with Gasteiger partial charge in [0.25, 0.3) is 0 Å². The molecule has 0 fully saturated rings. The van der Waals surface area contributed by atoms with E-state index in [0.29, 0.717) is 5.82 Å². The summed E-state index contributed by atoms with van der Waals surface area (Å²) >= 11 is 1.87. The van der Waals surface area contributed by atoms with E-state index in [-0.39, 0.29) is 0 Å². The Labute approximate surface area is 120 Å². The molecule has 5 nitrogen and oxygen atoms in total. The molecule has 6 heteroatoms. The number of aromatic nitrogens is 4. The van der Waals surface area contributed by atoms with Crippen molar-refractivity contribution in [3.05, 3.63) is 41.9 Å². The highest BCUT2D eigenvalue weighted by molar-refractivity contribution is 7.98. The zero-order chi connectivity index (χ0) is 13.5. The molecule has 0 amide bonds. The van der Waals surface area contributed by atoms with E-state index in [0.717, 1.165) is 34.4 Å². The van der Waals surface area contributed by atoms with Crippen LogP contribution in [0.3, 0.4) is 0 Å². The summed E-state index contributed by atoms with van der Waals surface area (Å²) in [6.07, 6.45) is 3.95. The zero-order valence-electron chi connectivity index (χ0n) is 11.0. The summed E-state index contributed by atoms with van der Waals surface area (Å²) in [6.45, 7) is 0. The maximum Gasteiger partial charge on any atom is 0.182 e. The molecule has 4 rings (SSSR count). The van der Waals surface area contributed by atoms with Crippen LogP contribution in [0.4, 0.5) is 5.82 Å². The minimum atomic E-state index is 0.694. The molecule has 4 heterocycles. The molecule has 0 saturated carbocycles. The van der Waals surface area contributed by atoms with E-state index in [9.17, 15) is 0 Å². The van der Waals surface area contributed by atoms with Crippen molar-refractivity contribution >= 4 is 23.2 Å². The molecule has 0 unspecified atom stereocenters. The first-order valence-corrected chi connectivity index (χ1v) is 7.60. The Kier molecular flexibility index (Phi) is 2.63. The number of fused-ring (bicyclic) bond motifs is 2. The van der Waals surface area contributed by atoms with Gasteiger partial charge in [-0.15, -0.1) is 0 Å². The molecule has 100 valence electrons. The van der Waals surface area contributed by atoms with Gasteiger partial charge in [-0.1, -0.05) is 6.07 Å². The average molecular weight is 283 g/mol. The molecule has 0 atom stereocenters. The van der Waals surface area contributed by atoms with Gasteiger partial charge in [-0.3, -0.25) is 0 Å². The van der Waals surface area contributed by atoms with E-state index in [2.05, 4.69) is 20.3 Å². The van der Waals surface area contributed by atoms with Gasteiger partial charge in [0.1, 0.15) is 17.2 Å². The van der Waals surface area contributed by atoms with Gasteiger partial charge < -0.3 is 9.72 Å². The van der Waals surface area contributed by atoms with Gasteiger partial charge in [-0.05, 0) is 12.1 Å². The molecule has 0 bridgehead atoms. The third-order valence-corrected chi connectivity index (χ3v) is 4.38. The number of pyridine rings is 1. The first-order chi connectivity index (χ1) is 9.85. The van der Waals surface area contributed by atoms with Crippen molar-refractivity contribution in [2.45, 2.75) is 11.5 Å². The maximum absolute atomic E-state index is 4.68. The topological polar surface area (TPSA) is 55.1 Å². The minimum Gasteiger partial charge on any atom is -0.373 e. The van der Waals surface area contributed by atoms with E-state index >= 15 is 0 Å². The standard InChI is InChI=1S/C14H13N5S/c1-15-13-9-7-20-8-11(9)17-14(18-13)10-6-19-5-3-2-4-12(19)16-10/h2-6H,7-8H2,1H3,(H,15,17,18). The van der Waals surface area contributed by atoms with Crippen LogP contribution in [-0.2, 0) is 11.5 Å². The van der Waals surface area contributed by atoms with E-state index in [1.807, 2.05) is 53.8 Å². The smallest absolute Gasteiger partial charge is 0.182 e. The van der Waals surface area contributed by atoms with Crippen molar-refractivity contribution in [3.63, 3.8) is 0 Å².